The van der Waals surface area contributed by atoms with E-state index in [1.807, 2.05) is 11.8 Å². The number of carbonyl (C=O) groups is 1. The summed E-state index contributed by atoms with van der Waals surface area (Å²) in [6.45, 7) is 4.73. The van der Waals surface area contributed by atoms with Crippen molar-refractivity contribution in [3.63, 3.8) is 0 Å². The van der Waals surface area contributed by atoms with E-state index in [4.69, 9.17) is 5.73 Å². The van der Waals surface area contributed by atoms with Gasteiger partial charge in [-0.2, -0.15) is 11.8 Å². The minimum Gasteiger partial charge on any atom is -0.353 e. The van der Waals surface area contributed by atoms with E-state index in [2.05, 4.69) is 25.4 Å². The van der Waals surface area contributed by atoms with Crippen LogP contribution in [-0.4, -0.2) is 30.0 Å². The molecule has 1 aliphatic carbocycles. The molecule has 1 aliphatic rings. The monoisotopic (exact) mass is 258 g/mol. The second-order valence-corrected chi connectivity index (χ2v) is 6.58. The predicted octanol–water partition coefficient (Wildman–Crippen LogP) is 2.01. The van der Waals surface area contributed by atoms with Gasteiger partial charge in [0.2, 0.25) is 5.91 Å². The van der Waals surface area contributed by atoms with E-state index >= 15 is 0 Å². The summed E-state index contributed by atoms with van der Waals surface area (Å²) in [7, 11) is 0. The van der Waals surface area contributed by atoms with Crippen LogP contribution in [0.25, 0.3) is 0 Å². The van der Waals surface area contributed by atoms with E-state index in [0.717, 1.165) is 24.5 Å². The number of rotatable bonds is 6. The Balaban J connectivity index is 2.37. The molecule has 3 unspecified atom stereocenters. The molecule has 3 N–H and O–H groups in total. The molecule has 3 nitrogen and oxygen atoms in total. The molecule has 1 saturated carbocycles. The lowest BCUT2D eigenvalue weighted by Gasteiger charge is -2.20. The minimum atomic E-state index is -0.0108. The number of carbonyl (C=O) groups excluding carboxylic acids is 1. The van der Waals surface area contributed by atoms with Crippen molar-refractivity contribution in [1.29, 1.82) is 0 Å². The number of hydrogen-bond donors (Lipinski definition) is 2. The molecule has 0 radical (unpaired) electrons. The molecule has 0 heterocycles. The Morgan fingerprint density at radius 1 is 1.47 bits per heavy atom. The Kier molecular flexibility index (Phi) is 6.34. The van der Waals surface area contributed by atoms with E-state index in [1.165, 1.54) is 6.42 Å². The molecule has 17 heavy (non-hydrogen) atoms. The maximum Gasteiger partial charge on any atom is 0.224 e. The third-order valence-electron chi connectivity index (χ3n) is 3.48. The first-order valence-corrected chi connectivity index (χ1v) is 7.88. The highest BCUT2D eigenvalue weighted by molar-refractivity contribution is 7.99. The second kappa shape index (κ2) is 7.27. The minimum absolute atomic E-state index is 0.0108. The topological polar surface area (TPSA) is 55.1 Å². The highest BCUT2D eigenvalue weighted by Gasteiger charge is 2.27. The number of hydrogen-bond acceptors (Lipinski definition) is 3. The van der Waals surface area contributed by atoms with Crippen molar-refractivity contribution in [3.8, 4) is 0 Å². The van der Waals surface area contributed by atoms with Crippen LogP contribution in [-0.2, 0) is 4.79 Å². The normalized spacial score (nSPS) is 26.2. The maximum atomic E-state index is 12.1. The summed E-state index contributed by atoms with van der Waals surface area (Å²) in [6, 6.07) is 0.376. The van der Waals surface area contributed by atoms with Gasteiger partial charge in [0.15, 0.2) is 0 Å². The molecule has 0 aliphatic heterocycles. The van der Waals surface area contributed by atoms with Crippen molar-refractivity contribution in [1.82, 2.24) is 5.32 Å². The van der Waals surface area contributed by atoms with Crippen molar-refractivity contribution in [2.75, 3.05) is 12.8 Å². The Morgan fingerprint density at radius 2 is 2.18 bits per heavy atom. The van der Waals surface area contributed by atoms with Crippen LogP contribution >= 0.6 is 11.8 Å². The molecule has 0 aromatic heterocycles. The van der Waals surface area contributed by atoms with Gasteiger partial charge in [0.25, 0.3) is 0 Å². The van der Waals surface area contributed by atoms with E-state index < -0.39 is 0 Å². The standard InChI is InChI=1S/C13H26N2OS/c1-9(2)6-10(8-14)13(16)15-11-4-5-12(7-11)17-3/h9-12H,4-8,14H2,1-3H3,(H,15,16). The number of amides is 1. The molecule has 100 valence electrons. The summed E-state index contributed by atoms with van der Waals surface area (Å²) in [5, 5.41) is 3.89. The van der Waals surface area contributed by atoms with E-state index in [1.54, 1.807) is 0 Å². The van der Waals surface area contributed by atoms with Crippen LogP contribution in [0.4, 0.5) is 0 Å². The van der Waals surface area contributed by atoms with E-state index in [0.29, 0.717) is 18.5 Å². The Morgan fingerprint density at radius 3 is 2.65 bits per heavy atom. The van der Waals surface area contributed by atoms with Crippen LogP contribution in [0, 0.1) is 11.8 Å². The van der Waals surface area contributed by atoms with Gasteiger partial charge in [-0.25, -0.2) is 0 Å². The van der Waals surface area contributed by atoms with E-state index in [9.17, 15) is 4.79 Å². The van der Waals surface area contributed by atoms with Crippen LogP contribution in [0.1, 0.15) is 39.5 Å². The number of nitrogens with two attached hydrogens (primary N) is 1. The fraction of sp³-hybridized carbons (Fsp3) is 0.923. The molecule has 0 saturated heterocycles. The van der Waals surface area contributed by atoms with Gasteiger partial charge < -0.3 is 11.1 Å². The van der Waals surface area contributed by atoms with Crippen molar-refractivity contribution in [2.45, 2.75) is 50.8 Å². The van der Waals surface area contributed by atoms with Crippen molar-refractivity contribution in [3.05, 3.63) is 0 Å². The lowest BCUT2D eigenvalue weighted by atomic mass is 9.96. The number of nitrogens with one attached hydrogen (secondary N) is 1. The molecule has 1 amide bonds. The summed E-state index contributed by atoms with van der Waals surface area (Å²) >= 11 is 1.91. The van der Waals surface area contributed by atoms with Gasteiger partial charge in [-0.3, -0.25) is 4.79 Å². The van der Waals surface area contributed by atoms with Gasteiger partial charge in [-0.1, -0.05) is 13.8 Å². The molecular weight excluding hydrogens is 232 g/mol. The molecule has 3 atom stereocenters. The van der Waals surface area contributed by atoms with E-state index in [-0.39, 0.29) is 11.8 Å². The lowest BCUT2D eigenvalue weighted by molar-refractivity contribution is -0.125. The molecule has 0 aromatic rings. The summed E-state index contributed by atoms with van der Waals surface area (Å²) in [4.78, 5) is 12.1. The summed E-state index contributed by atoms with van der Waals surface area (Å²) in [5.74, 6) is 0.674. The smallest absolute Gasteiger partial charge is 0.224 e. The van der Waals surface area contributed by atoms with Crippen LogP contribution in [0.3, 0.4) is 0 Å². The zero-order valence-corrected chi connectivity index (χ0v) is 12.1. The Labute approximate surface area is 109 Å². The maximum absolute atomic E-state index is 12.1. The fourth-order valence-electron chi connectivity index (χ4n) is 2.48. The van der Waals surface area contributed by atoms with Crippen molar-refractivity contribution < 1.29 is 4.79 Å². The molecule has 4 heteroatoms. The van der Waals surface area contributed by atoms with Crippen LogP contribution in [0.5, 0.6) is 0 Å². The zero-order valence-electron chi connectivity index (χ0n) is 11.2. The first kappa shape index (κ1) is 14.8. The summed E-state index contributed by atoms with van der Waals surface area (Å²) in [6.07, 6.45) is 6.50. The first-order valence-electron chi connectivity index (χ1n) is 6.60. The SMILES string of the molecule is CSC1CCC(NC(=O)C(CN)CC(C)C)C1. The lowest BCUT2D eigenvalue weighted by Crippen LogP contribution is -2.40. The predicted molar refractivity (Wildman–Crippen MR) is 75.1 cm³/mol. The quantitative estimate of drug-likeness (QED) is 0.766. The molecule has 0 bridgehead atoms. The van der Waals surface area contributed by atoms with Gasteiger partial charge in [-0.15, -0.1) is 0 Å². The highest BCUT2D eigenvalue weighted by atomic mass is 32.2. The van der Waals surface area contributed by atoms with Crippen LogP contribution in [0.2, 0.25) is 0 Å². The molecule has 0 spiro atoms. The van der Waals surface area contributed by atoms with Gasteiger partial charge in [0.1, 0.15) is 0 Å². The Bertz CT molecular complexity index is 246. The molecule has 1 fully saturated rings. The summed E-state index contributed by atoms with van der Waals surface area (Å²) < 4.78 is 0. The highest BCUT2D eigenvalue weighted by Crippen LogP contribution is 2.28. The summed E-state index contributed by atoms with van der Waals surface area (Å²) in [5.41, 5.74) is 5.68. The fourth-order valence-corrected chi connectivity index (χ4v) is 3.28. The third kappa shape index (κ3) is 4.88. The van der Waals surface area contributed by atoms with Gasteiger partial charge >= 0.3 is 0 Å². The van der Waals surface area contributed by atoms with Gasteiger partial charge in [0, 0.05) is 17.8 Å². The molecule has 1 rings (SSSR count). The average Bonchev–Trinajstić information content (AvgIpc) is 2.73. The third-order valence-corrected chi connectivity index (χ3v) is 4.57. The largest absolute Gasteiger partial charge is 0.353 e. The van der Waals surface area contributed by atoms with Crippen molar-refractivity contribution >= 4 is 17.7 Å². The van der Waals surface area contributed by atoms with Gasteiger partial charge in [0.05, 0.1) is 5.92 Å². The van der Waals surface area contributed by atoms with Crippen LogP contribution in [0.15, 0.2) is 0 Å². The van der Waals surface area contributed by atoms with Crippen molar-refractivity contribution in [2.24, 2.45) is 17.6 Å². The molecular formula is C13H26N2OS. The van der Waals surface area contributed by atoms with Crippen LogP contribution < -0.4 is 11.1 Å². The van der Waals surface area contributed by atoms with Gasteiger partial charge in [-0.05, 0) is 37.9 Å². The average molecular weight is 258 g/mol. The Hall–Kier alpha value is -0.220. The molecule has 0 aromatic carbocycles. The second-order valence-electron chi connectivity index (χ2n) is 5.44. The first-order chi connectivity index (χ1) is 8.06. The zero-order chi connectivity index (χ0) is 12.8. The number of thioether (sulfide) groups is 1.